The lowest BCUT2D eigenvalue weighted by Crippen LogP contribution is -2.25. The number of nitrogens with zero attached hydrogens (tertiary/aromatic N) is 1. The van der Waals surface area contributed by atoms with Gasteiger partial charge in [-0.3, -0.25) is 0 Å². The fraction of sp³-hybridized carbons (Fsp3) is 0.259. The molecule has 0 aliphatic carbocycles. The van der Waals surface area contributed by atoms with Crippen LogP contribution in [0.15, 0.2) is 84.9 Å². The van der Waals surface area contributed by atoms with Gasteiger partial charge in [-0.15, -0.1) is 0 Å². The summed E-state index contributed by atoms with van der Waals surface area (Å²) in [6.07, 6.45) is 0.965. The van der Waals surface area contributed by atoms with Crippen LogP contribution in [0.3, 0.4) is 0 Å². The highest BCUT2D eigenvalue weighted by molar-refractivity contribution is 9.09. The highest BCUT2D eigenvalue weighted by atomic mass is 79.9. The molecular formula is C27H30BrNO. The van der Waals surface area contributed by atoms with Gasteiger partial charge < -0.3 is 9.64 Å². The van der Waals surface area contributed by atoms with E-state index in [4.69, 9.17) is 4.74 Å². The molecule has 0 radical (unpaired) electrons. The molecule has 3 heteroatoms. The van der Waals surface area contributed by atoms with Gasteiger partial charge in [-0.05, 0) is 53.4 Å². The molecule has 0 saturated heterocycles. The van der Waals surface area contributed by atoms with E-state index in [2.05, 4.69) is 120 Å². The van der Waals surface area contributed by atoms with Crippen LogP contribution in [0.2, 0.25) is 0 Å². The van der Waals surface area contributed by atoms with E-state index >= 15 is 0 Å². The average Bonchev–Trinajstić information content (AvgIpc) is 2.79. The summed E-state index contributed by atoms with van der Waals surface area (Å²) in [5.74, 6) is 0.913. The van der Waals surface area contributed by atoms with E-state index in [1.807, 2.05) is 0 Å². The average molecular weight is 464 g/mol. The first kappa shape index (κ1) is 22.3. The van der Waals surface area contributed by atoms with Crippen LogP contribution in [0, 0.1) is 0 Å². The van der Waals surface area contributed by atoms with Crippen LogP contribution in [0.25, 0.3) is 11.1 Å². The fourth-order valence-corrected chi connectivity index (χ4v) is 4.18. The molecule has 0 bridgehead atoms. The van der Waals surface area contributed by atoms with Gasteiger partial charge in [-0.25, -0.2) is 0 Å². The smallest absolute Gasteiger partial charge is 0.119 e. The molecule has 3 rings (SSSR count). The second kappa shape index (κ2) is 11.7. The van der Waals surface area contributed by atoms with Gasteiger partial charge in [0.25, 0.3) is 0 Å². The first-order valence-corrected chi connectivity index (χ1v) is 11.7. The maximum Gasteiger partial charge on any atom is 0.119 e. The SMILES string of the molecule is CCC(=C(c1ccccc1)c1ccc(OCCN(C)CCBr)cc1)c1ccccc1. The minimum absolute atomic E-state index is 0.689. The number of hydrogen-bond acceptors (Lipinski definition) is 2. The third-order valence-electron chi connectivity index (χ3n) is 5.19. The van der Waals surface area contributed by atoms with Crippen molar-refractivity contribution >= 4 is 27.1 Å². The summed E-state index contributed by atoms with van der Waals surface area (Å²) < 4.78 is 5.96. The van der Waals surface area contributed by atoms with Gasteiger partial charge in [-0.1, -0.05) is 95.7 Å². The molecule has 2 nitrogen and oxygen atoms in total. The molecule has 0 atom stereocenters. The third kappa shape index (κ3) is 6.07. The number of alkyl halides is 1. The van der Waals surface area contributed by atoms with E-state index in [1.165, 1.54) is 27.8 Å². The predicted octanol–water partition coefficient (Wildman–Crippen LogP) is 6.76. The van der Waals surface area contributed by atoms with Crippen LogP contribution in [0.1, 0.15) is 30.0 Å². The number of likely N-dealkylation sites (N-methyl/N-ethyl adjacent to an activating group) is 1. The Morgan fingerprint density at radius 1 is 0.767 bits per heavy atom. The van der Waals surface area contributed by atoms with Crippen molar-refractivity contribution < 1.29 is 4.74 Å². The van der Waals surface area contributed by atoms with Crippen LogP contribution in [-0.4, -0.2) is 37.0 Å². The summed E-state index contributed by atoms with van der Waals surface area (Å²) in [5, 5.41) is 0.980. The second-order valence-corrected chi connectivity index (χ2v) is 8.10. The summed E-state index contributed by atoms with van der Waals surface area (Å²) in [6.45, 7) is 4.85. The van der Waals surface area contributed by atoms with Gasteiger partial charge in [-0.2, -0.15) is 0 Å². The maximum absolute atomic E-state index is 5.96. The van der Waals surface area contributed by atoms with Crippen molar-refractivity contribution in [2.45, 2.75) is 13.3 Å². The number of allylic oxidation sites excluding steroid dienone is 1. The lowest BCUT2D eigenvalue weighted by atomic mass is 9.88. The summed E-state index contributed by atoms with van der Waals surface area (Å²) >= 11 is 3.48. The third-order valence-corrected chi connectivity index (χ3v) is 5.55. The summed E-state index contributed by atoms with van der Waals surface area (Å²) in [4.78, 5) is 2.26. The van der Waals surface area contributed by atoms with Gasteiger partial charge in [0.05, 0.1) is 0 Å². The molecule has 0 aliphatic rings. The molecule has 156 valence electrons. The Kier molecular flexibility index (Phi) is 8.73. The normalized spacial score (nSPS) is 12.0. The predicted molar refractivity (Wildman–Crippen MR) is 132 cm³/mol. The Labute approximate surface area is 189 Å². The molecule has 0 aromatic heterocycles. The molecule has 3 aromatic rings. The molecule has 0 unspecified atom stereocenters. The van der Waals surface area contributed by atoms with Gasteiger partial charge in [0.1, 0.15) is 12.4 Å². The molecule has 0 amide bonds. The molecule has 30 heavy (non-hydrogen) atoms. The highest BCUT2D eigenvalue weighted by Crippen LogP contribution is 2.34. The molecule has 0 N–H and O–H groups in total. The maximum atomic E-state index is 5.96. The zero-order valence-corrected chi connectivity index (χ0v) is 19.4. The van der Waals surface area contributed by atoms with E-state index in [1.54, 1.807) is 0 Å². The first-order chi connectivity index (χ1) is 14.7. The minimum Gasteiger partial charge on any atom is -0.492 e. The van der Waals surface area contributed by atoms with Gasteiger partial charge in [0.15, 0.2) is 0 Å². The van der Waals surface area contributed by atoms with E-state index in [0.717, 1.165) is 30.6 Å². The van der Waals surface area contributed by atoms with E-state index in [0.29, 0.717) is 6.61 Å². The summed E-state index contributed by atoms with van der Waals surface area (Å²) in [5.41, 5.74) is 6.36. The van der Waals surface area contributed by atoms with Crippen LogP contribution in [0.4, 0.5) is 0 Å². The van der Waals surface area contributed by atoms with Crippen molar-refractivity contribution in [3.05, 3.63) is 102 Å². The van der Waals surface area contributed by atoms with Gasteiger partial charge in [0, 0.05) is 18.4 Å². The van der Waals surface area contributed by atoms with E-state index < -0.39 is 0 Å². The van der Waals surface area contributed by atoms with Crippen molar-refractivity contribution in [3.63, 3.8) is 0 Å². The first-order valence-electron chi connectivity index (χ1n) is 10.5. The van der Waals surface area contributed by atoms with Crippen molar-refractivity contribution in [2.24, 2.45) is 0 Å². The quantitative estimate of drug-likeness (QED) is 0.243. The Morgan fingerprint density at radius 2 is 1.33 bits per heavy atom. The molecule has 0 heterocycles. The van der Waals surface area contributed by atoms with E-state index in [-0.39, 0.29) is 0 Å². The number of halogens is 1. The molecule has 0 fully saturated rings. The molecule has 0 aliphatic heterocycles. The topological polar surface area (TPSA) is 12.5 Å². The minimum atomic E-state index is 0.689. The number of hydrogen-bond donors (Lipinski definition) is 0. The van der Waals surface area contributed by atoms with Crippen molar-refractivity contribution in [1.82, 2.24) is 4.90 Å². The van der Waals surface area contributed by atoms with Crippen LogP contribution in [0.5, 0.6) is 5.75 Å². The zero-order valence-electron chi connectivity index (χ0n) is 17.9. The Hall–Kier alpha value is -2.36. The van der Waals surface area contributed by atoms with Crippen molar-refractivity contribution in [2.75, 3.05) is 32.1 Å². The molecule has 3 aromatic carbocycles. The van der Waals surface area contributed by atoms with Crippen molar-refractivity contribution in [3.8, 4) is 5.75 Å². The lowest BCUT2D eigenvalue weighted by molar-refractivity contribution is 0.245. The number of ether oxygens (including phenoxy) is 1. The summed E-state index contributed by atoms with van der Waals surface area (Å²) in [6, 6.07) is 29.9. The Morgan fingerprint density at radius 3 is 1.90 bits per heavy atom. The second-order valence-electron chi connectivity index (χ2n) is 7.30. The molecule has 0 saturated carbocycles. The standard InChI is InChI=1S/C27H30BrNO/c1-3-26(22-10-6-4-7-11-22)27(23-12-8-5-9-13-23)24-14-16-25(17-15-24)30-21-20-29(2)19-18-28/h4-17H,3,18-21H2,1-2H3. The van der Waals surface area contributed by atoms with Gasteiger partial charge >= 0.3 is 0 Å². The Balaban J connectivity index is 1.89. The van der Waals surface area contributed by atoms with Gasteiger partial charge in [0.2, 0.25) is 0 Å². The van der Waals surface area contributed by atoms with Crippen LogP contribution in [-0.2, 0) is 0 Å². The number of benzene rings is 3. The molecular weight excluding hydrogens is 434 g/mol. The zero-order chi connectivity index (χ0) is 21.2. The highest BCUT2D eigenvalue weighted by Gasteiger charge is 2.13. The summed E-state index contributed by atoms with van der Waals surface area (Å²) in [7, 11) is 2.11. The van der Waals surface area contributed by atoms with E-state index in [9.17, 15) is 0 Å². The lowest BCUT2D eigenvalue weighted by Gasteiger charge is -2.17. The van der Waals surface area contributed by atoms with Crippen LogP contribution < -0.4 is 4.74 Å². The largest absolute Gasteiger partial charge is 0.492 e. The molecule has 0 spiro atoms. The van der Waals surface area contributed by atoms with Crippen LogP contribution >= 0.6 is 15.9 Å². The fourth-order valence-electron chi connectivity index (χ4n) is 3.58. The van der Waals surface area contributed by atoms with Crippen molar-refractivity contribution in [1.29, 1.82) is 0 Å². The Bertz CT molecular complexity index is 920. The number of rotatable bonds is 10. The monoisotopic (exact) mass is 463 g/mol.